The Morgan fingerprint density at radius 3 is 2.40 bits per heavy atom. The van der Waals surface area contributed by atoms with Crippen LogP contribution in [0.25, 0.3) is 0 Å². The molecule has 1 saturated carbocycles. The molecule has 20 heavy (non-hydrogen) atoms. The van der Waals surface area contributed by atoms with Crippen LogP contribution in [0.2, 0.25) is 0 Å². The fourth-order valence-electron chi connectivity index (χ4n) is 3.22. The summed E-state index contributed by atoms with van der Waals surface area (Å²) in [7, 11) is 2.27. The molecule has 0 saturated heterocycles. The van der Waals surface area contributed by atoms with Crippen molar-refractivity contribution in [3.63, 3.8) is 0 Å². The monoisotopic (exact) mass is 283 g/mol. The minimum Gasteiger partial charge on any atom is -0.466 e. The minimum atomic E-state index is -0.0428. The molecule has 0 aromatic carbocycles. The van der Waals surface area contributed by atoms with Crippen LogP contribution < -0.4 is 0 Å². The second-order valence-electron chi connectivity index (χ2n) is 6.18. The largest absolute Gasteiger partial charge is 0.466 e. The van der Waals surface area contributed by atoms with Gasteiger partial charge in [-0.25, -0.2) is 0 Å². The van der Waals surface area contributed by atoms with Crippen molar-refractivity contribution in [1.82, 2.24) is 4.90 Å². The smallest absolute Gasteiger partial charge is 0.305 e. The van der Waals surface area contributed by atoms with Crippen molar-refractivity contribution in [3.05, 3.63) is 0 Å². The van der Waals surface area contributed by atoms with E-state index in [0.717, 1.165) is 24.8 Å². The zero-order chi connectivity index (χ0) is 14.8. The van der Waals surface area contributed by atoms with Crippen LogP contribution in [-0.4, -0.2) is 37.1 Å². The summed E-state index contributed by atoms with van der Waals surface area (Å²) in [6, 6.07) is 0.794. The number of rotatable bonds is 9. The van der Waals surface area contributed by atoms with Crippen LogP contribution >= 0.6 is 0 Å². The molecule has 0 aliphatic heterocycles. The van der Waals surface area contributed by atoms with E-state index < -0.39 is 0 Å². The van der Waals surface area contributed by atoms with Gasteiger partial charge in [-0.05, 0) is 65.0 Å². The summed E-state index contributed by atoms with van der Waals surface area (Å²) in [6.07, 6.45) is 10.8. The molecule has 0 bridgehead atoms. The molecular weight excluding hydrogens is 250 g/mol. The summed E-state index contributed by atoms with van der Waals surface area (Å²) >= 11 is 0. The van der Waals surface area contributed by atoms with E-state index >= 15 is 0 Å². The molecular formula is C17H33NO2. The number of ether oxygens (including phenoxy) is 1. The molecule has 3 heteroatoms. The van der Waals surface area contributed by atoms with Crippen LogP contribution in [0.1, 0.15) is 71.6 Å². The molecule has 1 aliphatic rings. The number of carbonyl (C=O) groups excluding carboxylic acids is 1. The van der Waals surface area contributed by atoms with Crippen molar-refractivity contribution in [3.8, 4) is 0 Å². The number of hydrogen-bond donors (Lipinski definition) is 0. The highest BCUT2D eigenvalue weighted by atomic mass is 16.5. The Morgan fingerprint density at radius 1 is 1.10 bits per heavy atom. The van der Waals surface area contributed by atoms with Crippen LogP contribution in [0, 0.1) is 5.92 Å². The van der Waals surface area contributed by atoms with Crippen molar-refractivity contribution in [2.75, 3.05) is 20.2 Å². The molecule has 1 aliphatic carbocycles. The molecule has 0 radical (unpaired) electrons. The van der Waals surface area contributed by atoms with E-state index in [-0.39, 0.29) is 5.97 Å². The molecule has 0 N–H and O–H groups in total. The average Bonchev–Trinajstić information content (AvgIpc) is 2.47. The normalized spacial score (nSPS) is 23.0. The Morgan fingerprint density at radius 2 is 1.80 bits per heavy atom. The summed E-state index contributed by atoms with van der Waals surface area (Å²) in [5.41, 5.74) is 0. The third-order valence-electron chi connectivity index (χ3n) is 4.71. The van der Waals surface area contributed by atoms with Gasteiger partial charge in [-0.1, -0.05) is 19.8 Å². The Balaban J connectivity index is 2.03. The number of carbonyl (C=O) groups is 1. The van der Waals surface area contributed by atoms with Gasteiger partial charge >= 0.3 is 5.97 Å². The lowest BCUT2D eigenvalue weighted by atomic mass is 9.84. The Kier molecular flexibility index (Phi) is 8.92. The molecule has 1 fully saturated rings. The van der Waals surface area contributed by atoms with Gasteiger partial charge in [-0.15, -0.1) is 0 Å². The van der Waals surface area contributed by atoms with Crippen LogP contribution in [-0.2, 0) is 9.53 Å². The van der Waals surface area contributed by atoms with E-state index in [1.165, 1.54) is 45.1 Å². The second kappa shape index (κ2) is 10.2. The first-order chi connectivity index (χ1) is 9.67. The van der Waals surface area contributed by atoms with Gasteiger partial charge in [0.15, 0.2) is 0 Å². The van der Waals surface area contributed by atoms with Gasteiger partial charge in [0.25, 0.3) is 0 Å². The van der Waals surface area contributed by atoms with Gasteiger partial charge in [-0.3, -0.25) is 4.79 Å². The predicted molar refractivity (Wildman–Crippen MR) is 83.8 cm³/mol. The van der Waals surface area contributed by atoms with Gasteiger partial charge in [0.2, 0.25) is 0 Å². The molecule has 0 amide bonds. The fourth-order valence-corrected chi connectivity index (χ4v) is 3.22. The summed E-state index contributed by atoms with van der Waals surface area (Å²) in [4.78, 5) is 13.8. The third kappa shape index (κ3) is 6.74. The average molecular weight is 283 g/mol. The van der Waals surface area contributed by atoms with Crippen molar-refractivity contribution in [2.24, 2.45) is 5.92 Å². The first-order valence-corrected chi connectivity index (χ1v) is 8.53. The fraction of sp³-hybridized carbons (Fsp3) is 0.941. The zero-order valence-electron chi connectivity index (χ0n) is 13.7. The molecule has 0 aromatic heterocycles. The zero-order valence-corrected chi connectivity index (χ0v) is 13.7. The maximum Gasteiger partial charge on any atom is 0.305 e. The van der Waals surface area contributed by atoms with Crippen LogP contribution in [0.4, 0.5) is 0 Å². The first-order valence-electron chi connectivity index (χ1n) is 8.53. The summed E-state index contributed by atoms with van der Waals surface area (Å²) in [5, 5.41) is 0. The van der Waals surface area contributed by atoms with Crippen molar-refractivity contribution >= 4 is 5.97 Å². The van der Waals surface area contributed by atoms with Gasteiger partial charge < -0.3 is 9.64 Å². The molecule has 1 rings (SSSR count). The maximum atomic E-state index is 11.2. The molecule has 0 heterocycles. The number of nitrogens with zero attached hydrogens (tertiary/aromatic N) is 1. The number of esters is 1. The molecule has 0 spiro atoms. The second-order valence-corrected chi connectivity index (χ2v) is 6.18. The maximum absolute atomic E-state index is 11.2. The summed E-state index contributed by atoms with van der Waals surface area (Å²) < 4.78 is 4.94. The van der Waals surface area contributed by atoms with Gasteiger partial charge in [0.1, 0.15) is 0 Å². The van der Waals surface area contributed by atoms with E-state index in [4.69, 9.17) is 4.74 Å². The highest BCUT2D eigenvalue weighted by Crippen LogP contribution is 2.29. The lowest BCUT2D eigenvalue weighted by molar-refractivity contribution is -0.143. The molecule has 0 atom stereocenters. The van der Waals surface area contributed by atoms with Crippen LogP contribution in [0.15, 0.2) is 0 Å². The van der Waals surface area contributed by atoms with E-state index in [9.17, 15) is 4.79 Å². The highest BCUT2D eigenvalue weighted by molar-refractivity contribution is 5.69. The Hall–Kier alpha value is -0.570. The van der Waals surface area contributed by atoms with Crippen molar-refractivity contribution in [1.29, 1.82) is 0 Å². The van der Waals surface area contributed by atoms with E-state index in [1.807, 2.05) is 6.92 Å². The lowest BCUT2D eigenvalue weighted by Crippen LogP contribution is -2.35. The van der Waals surface area contributed by atoms with E-state index in [2.05, 4.69) is 18.9 Å². The quantitative estimate of drug-likeness (QED) is 0.473. The SMILES string of the molecule is CCOC(=O)CCCCCN(C)C1CCC(CC)CC1. The number of hydrogen-bond acceptors (Lipinski definition) is 3. The molecule has 3 nitrogen and oxygen atoms in total. The Bertz CT molecular complexity index is 260. The third-order valence-corrected chi connectivity index (χ3v) is 4.71. The highest BCUT2D eigenvalue weighted by Gasteiger charge is 2.22. The molecule has 0 unspecified atom stereocenters. The van der Waals surface area contributed by atoms with Gasteiger partial charge in [-0.2, -0.15) is 0 Å². The molecule has 0 aromatic rings. The lowest BCUT2D eigenvalue weighted by Gasteiger charge is -2.34. The topological polar surface area (TPSA) is 29.5 Å². The number of unbranched alkanes of at least 4 members (excludes halogenated alkanes) is 2. The summed E-state index contributed by atoms with van der Waals surface area (Å²) in [5.74, 6) is 0.933. The Labute approximate surface area is 125 Å². The van der Waals surface area contributed by atoms with Crippen molar-refractivity contribution in [2.45, 2.75) is 77.7 Å². The minimum absolute atomic E-state index is 0.0428. The van der Waals surface area contributed by atoms with Crippen LogP contribution in [0.3, 0.4) is 0 Å². The van der Waals surface area contributed by atoms with Crippen molar-refractivity contribution < 1.29 is 9.53 Å². The van der Waals surface area contributed by atoms with Crippen LogP contribution in [0.5, 0.6) is 0 Å². The van der Waals surface area contributed by atoms with E-state index in [0.29, 0.717) is 13.0 Å². The van der Waals surface area contributed by atoms with Gasteiger partial charge in [0.05, 0.1) is 6.61 Å². The predicted octanol–water partition coefficient (Wildman–Crippen LogP) is 4.01. The first kappa shape index (κ1) is 17.5. The summed E-state index contributed by atoms with van der Waals surface area (Å²) in [6.45, 7) is 5.85. The molecule has 118 valence electrons. The van der Waals surface area contributed by atoms with Gasteiger partial charge in [0, 0.05) is 12.5 Å². The van der Waals surface area contributed by atoms with E-state index in [1.54, 1.807) is 0 Å². The standard InChI is InChI=1S/C17H33NO2/c1-4-15-10-12-16(13-11-15)18(3)14-8-6-7-9-17(19)20-5-2/h15-16H,4-14H2,1-3H3.